The Kier molecular flexibility index (Phi) is 4.82. The number of amides is 1. The van der Waals surface area contributed by atoms with Crippen LogP contribution in [0.2, 0.25) is 0 Å². The molecule has 7 heteroatoms. The maximum Gasteiger partial charge on any atom is 0.261 e. The van der Waals surface area contributed by atoms with Gasteiger partial charge in [-0.1, -0.05) is 0 Å². The van der Waals surface area contributed by atoms with Crippen molar-refractivity contribution in [3.05, 3.63) is 46.2 Å². The zero-order valence-corrected chi connectivity index (χ0v) is 15.1. The van der Waals surface area contributed by atoms with Crippen LogP contribution >= 0.6 is 22.7 Å². The van der Waals surface area contributed by atoms with Gasteiger partial charge in [0.15, 0.2) is 5.13 Å². The molecule has 1 N–H and O–H groups in total. The summed E-state index contributed by atoms with van der Waals surface area (Å²) >= 11 is 3.07. The first-order chi connectivity index (χ1) is 11.6. The van der Waals surface area contributed by atoms with Crippen molar-refractivity contribution in [1.82, 2.24) is 4.98 Å². The van der Waals surface area contributed by atoms with Crippen LogP contribution in [0.1, 0.15) is 15.2 Å². The van der Waals surface area contributed by atoms with Crippen molar-refractivity contribution >= 4 is 33.7 Å². The maximum absolute atomic E-state index is 12.5. The monoisotopic (exact) mass is 360 g/mol. The van der Waals surface area contributed by atoms with Crippen LogP contribution in [0.15, 0.2) is 35.7 Å². The Labute approximate surface area is 147 Å². The second kappa shape index (κ2) is 7.02. The van der Waals surface area contributed by atoms with E-state index in [9.17, 15) is 4.79 Å². The minimum Gasteiger partial charge on any atom is -0.497 e. The van der Waals surface area contributed by atoms with E-state index in [0.29, 0.717) is 22.2 Å². The number of anilines is 1. The zero-order chi connectivity index (χ0) is 17.1. The van der Waals surface area contributed by atoms with Crippen LogP contribution in [0.5, 0.6) is 11.5 Å². The summed E-state index contributed by atoms with van der Waals surface area (Å²) in [4.78, 5) is 19.3. The Morgan fingerprint density at radius 1 is 1.17 bits per heavy atom. The molecule has 1 aromatic carbocycles. The number of hydrogen-bond acceptors (Lipinski definition) is 6. The average molecular weight is 360 g/mol. The number of rotatable bonds is 5. The molecule has 0 atom stereocenters. The highest BCUT2D eigenvalue weighted by molar-refractivity contribution is 7.17. The number of benzene rings is 1. The lowest BCUT2D eigenvalue weighted by molar-refractivity contribution is 0.102. The predicted octanol–water partition coefficient (Wildman–Crippen LogP) is 4.45. The number of nitrogens with zero attached hydrogens (tertiary/aromatic N) is 1. The topological polar surface area (TPSA) is 60.5 Å². The first-order valence-electron chi connectivity index (χ1n) is 7.16. The summed E-state index contributed by atoms with van der Waals surface area (Å²) in [6.45, 7) is 2.05. The fraction of sp³-hybridized carbons (Fsp3) is 0.176. The van der Waals surface area contributed by atoms with Gasteiger partial charge in [0.1, 0.15) is 11.5 Å². The molecule has 24 heavy (non-hydrogen) atoms. The van der Waals surface area contributed by atoms with Gasteiger partial charge in [0.25, 0.3) is 5.91 Å². The van der Waals surface area contributed by atoms with E-state index in [0.717, 1.165) is 10.6 Å². The van der Waals surface area contributed by atoms with Gasteiger partial charge in [-0.05, 0) is 37.3 Å². The molecule has 124 valence electrons. The Balaban J connectivity index is 1.81. The standard InChI is InChI=1S/C17H16N2O3S2/c1-10-4-7-15(24-10)13-9-23-17(18-13)19-16(20)12-8-11(21-2)5-6-14(12)22-3/h4-9H,1-3H3,(H,18,19,20). The van der Waals surface area contributed by atoms with E-state index in [-0.39, 0.29) is 5.91 Å². The number of methoxy groups -OCH3 is 2. The Hall–Kier alpha value is -2.38. The molecule has 0 spiro atoms. The molecular formula is C17H16N2O3S2. The number of thiophene rings is 1. The minimum absolute atomic E-state index is 0.283. The molecule has 0 fully saturated rings. The molecule has 0 bridgehead atoms. The number of nitrogens with one attached hydrogen (secondary N) is 1. The normalized spacial score (nSPS) is 10.5. The molecule has 0 saturated carbocycles. The average Bonchev–Trinajstić information content (AvgIpc) is 3.23. The van der Waals surface area contributed by atoms with E-state index in [1.807, 2.05) is 11.4 Å². The summed E-state index contributed by atoms with van der Waals surface area (Å²) < 4.78 is 10.4. The van der Waals surface area contributed by atoms with Gasteiger partial charge < -0.3 is 9.47 Å². The molecule has 0 aliphatic rings. The quantitative estimate of drug-likeness (QED) is 0.730. The van der Waals surface area contributed by atoms with Crippen molar-refractivity contribution in [2.45, 2.75) is 6.92 Å². The first kappa shape index (κ1) is 16.5. The van der Waals surface area contributed by atoms with Crippen molar-refractivity contribution < 1.29 is 14.3 Å². The van der Waals surface area contributed by atoms with Gasteiger partial charge in [0, 0.05) is 10.3 Å². The molecule has 0 aliphatic heterocycles. The lowest BCUT2D eigenvalue weighted by atomic mass is 10.2. The second-order valence-electron chi connectivity index (χ2n) is 4.97. The predicted molar refractivity (Wildman–Crippen MR) is 97.7 cm³/mol. The highest BCUT2D eigenvalue weighted by Crippen LogP contribution is 2.31. The molecule has 1 amide bonds. The van der Waals surface area contributed by atoms with Crippen molar-refractivity contribution in [2.75, 3.05) is 19.5 Å². The molecule has 5 nitrogen and oxygen atoms in total. The number of carbonyl (C=O) groups excluding carboxylic acids is 1. The summed E-state index contributed by atoms with van der Waals surface area (Å²) in [5.74, 6) is 0.794. The lowest BCUT2D eigenvalue weighted by Gasteiger charge is -2.09. The van der Waals surface area contributed by atoms with Crippen LogP contribution in [0, 0.1) is 6.92 Å². The third kappa shape index (κ3) is 3.42. The van der Waals surface area contributed by atoms with E-state index in [4.69, 9.17) is 9.47 Å². The van der Waals surface area contributed by atoms with Crippen LogP contribution in [-0.2, 0) is 0 Å². The van der Waals surface area contributed by atoms with Gasteiger partial charge in [-0.25, -0.2) is 4.98 Å². The Morgan fingerprint density at radius 2 is 2.00 bits per heavy atom. The van der Waals surface area contributed by atoms with Gasteiger partial charge >= 0.3 is 0 Å². The Morgan fingerprint density at radius 3 is 2.67 bits per heavy atom. The maximum atomic E-state index is 12.5. The summed E-state index contributed by atoms with van der Waals surface area (Å²) in [6, 6.07) is 9.18. The molecule has 2 aromatic heterocycles. The van der Waals surface area contributed by atoms with Crippen LogP contribution in [0.4, 0.5) is 5.13 Å². The molecule has 3 rings (SSSR count). The molecular weight excluding hydrogens is 344 g/mol. The number of thiazole rings is 1. The molecule has 0 unspecified atom stereocenters. The van der Waals surface area contributed by atoms with Crippen LogP contribution in [-0.4, -0.2) is 25.1 Å². The minimum atomic E-state index is -0.283. The fourth-order valence-electron chi connectivity index (χ4n) is 2.17. The number of carbonyl (C=O) groups is 1. The summed E-state index contributed by atoms with van der Waals surface area (Å²) in [6.07, 6.45) is 0. The lowest BCUT2D eigenvalue weighted by Crippen LogP contribution is -2.13. The fourth-order valence-corrected chi connectivity index (χ4v) is 3.78. The largest absolute Gasteiger partial charge is 0.497 e. The van der Waals surface area contributed by atoms with E-state index >= 15 is 0 Å². The van der Waals surface area contributed by atoms with Gasteiger partial charge in [-0.15, -0.1) is 22.7 Å². The van der Waals surface area contributed by atoms with Gasteiger partial charge in [0.05, 0.1) is 30.4 Å². The third-order valence-corrected chi connectivity index (χ3v) is 5.15. The van der Waals surface area contributed by atoms with E-state index in [2.05, 4.69) is 23.3 Å². The van der Waals surface area contributed by atoms with E-state index in [1.54, 1.807) is 36.6 Å². The molecule has 0 radical (unpaired) electrons. The first-order valence-corrected chi connectivity index (χ1v) is 8.86. The zero-order valence-electron chi connectivity index (χ0n) is 13.5. The highest BCUT2D eigenvalue weighted by Gasteiger charge is 2.16. The summed E-state index contributed by atoms with van der Waals surface area (Å²) in [5, 5.41) is 5.30. The highest BCUT2D eigenvalue weighted by atomic mass is 32.1. The second-order valence-corrected chi connectivity index (χ2v) is 7.11. The molecule has 2 heterocycles. The number of hydrogen-bond donors (Lipinski definition) is 1. The summed E-state index contributed by atoms with van der Waals surface area (Å²) in [5.41, 5.74) is 1.27. The smallest absolute Gasteiger partial charge is 0.261 e. The van der Waals surface area contributed by atoms with Crippen molar-refractivity contribution in [1.29, 1.82) is 0 Å². The van der Waals surface area contributed by atoms with Crippen molar-refractivity contribution in [2.24, 2.45) is 0 Å². The van der Waals surface area contributed by atoms with E-state index in [1.165, 1.54) is 23.3 Å². The number of ether oxygens (including phenoxy) is 2. The molecule has 0 saturated heterocycles. The van der Waals surface area contributed by atoms with Gasteiger partial charge in [-0.3, -0.25) is 10.1 Å². The van der Waals surface area contributed by atoms with Crippen LogP contribution in [0.25, 0.3) is 10.6 Å². The van der Waals surface area contributed by atoms with Crippen molar-refractivity contribution in [3.8, 4) is 22.1 Å². The van der Waals surface area contributed by atoms with Crippen LogP contribution < -0.4 is 14.8 Å². The van der Waals surface area contributed by atoms with Gasteiger partial charge in [0.2, 0.25) is 0 Å². The van der Waals surface area contributed by atoms with E-state index < -0.39 is 0 Å². The molecule has 0 aliphatic carbocycles. The number of aromatic nitrogens is 1. The Bertz CT molecular complexity index is 870. The van der Waals surface area contributed by atoms with Crippen LogP contribution in [0.3, 0.4) is 0 Å². The van der Waals surface area contributed by atoms with Crippen molar-refractivity contribution in [3.63, 3.8) is 0 Å². The molecule has 3 aromatic rings. The van der Waals surface area contributed by atoms with Gasteiger partial charge in [-0.2, -0.15) is 0 Å². The third-order valence-electron chi connectivity index (χ3n) is 3.37. The summed E-state index contributed by atoms with van der Waals surface area (Å²) in [7, 11) is 3.08. The number of aryl methyl sites for hydroxylation is 1. The SMILES string of the molecule is COc1ccc(OC)c(C(=O)Nc2nc(-c3ccc(C)s3)cs2)c1.